The SMILES string of the molecule is Cc1cccc(CN(C)C(=O)C2CC2c2ccccc2)n1. The Hall–Kier alpha value is -2.16. The first-order valence-electron chi connectivity index (χ1n) is 7.37. The number of aromatic nitrogens is 1. The molecule has 1 aromatic heterocycles. The molecule has 2 unspecified atom stereocenters. The second kappa shape index (κ2) is 5.68. The van der Waals surface area contributed by atoms with Crippen molar-refractivity contribution in [1.29, 1.82) is 0 Å². The minimum Gasteiger partial charge on any atom is -0.340 e. The Labute approximate surface area is 125 Å². The number of pyridine rings is 1. The predicted molar refractivity (Wildman–Crippen MR) is 82.7 cm³/mol. The fourth-order valence-electron chi connectivity index (χ4n) is 2.83. The fraction of sp³-hybridized carbons (Fsp3) is 0.333. The molecule has 1 aliphatic carbocycles. The van der Waals surface area contributed by atoms with Crippen LogP contribution in [0.25, 0.3) is 0 Å². The first-order chi connectivity index (χ1) is 10.1. The summed E-state index contributed by atoms with van der Waals surface area (Å²) in [5.41, 5.74) is 3.21. The monoisotopic (exact) mass is 280 g/mol. The van der Waals surface area contributed by atoms with Gasteiger partial charge in [-0.25, -0.2) is 0 Å². The number of nitrogens with zero attached hydrogens (tertiary/aromatic N) is 2. The van der Waals surface area contributed by atoms with Gasteiger partial charge in [0.05, 0.1) is 12.2 Å². The van der Waals surface area contributed by atoms with Gasteiger partial charge in [-0.2, -0.15) is 0 Å². The quantitative estimate of drug-likeness (QED) is 0.862. The minimum absolute atomic E-state index is 0.141. The van der Waals surface area contributed by atoms with Crippen molar-refractivity contribution in [3.8, 4) is 0 Å². The Balaban J connectivity index is 1.61. The van der Waals surface area contributed by atoms with Crippen molar-refractivity contribution in [2.45, 2.75) is 25.8 Å². The maximum absolute atomic E-state index is 12.5. The highest BCUT2D eigenvalue weighted by molar-refractivity contribution is 5.82. The third-order valence-corrected chi connectivity index (χ3v) is 4.06. The maximum Gasteiger partial charge on any atom is 0.226 e. The number of carbonyl (C=O) groups excluding carboxylic acids is 1. The number of aryl methyl sites for hydroxylation is 1. The lowest BCUT2D eigenvalue weighted by Crippen LogP contribution is -2.28. The molecule has 0 bridgehead atoms. The predicted octanol–water partition coefficient (Wildman–Crippen LogP) is 3.15. The largest absolute Gasteiger partial charge is 0.340 e. The number of hydrogen-bond acceptors (Lipinski definition) is 2. The smallest absolute Gasteiger partial charge is 0.226 e. The Morgan fingerprint density at radius 2 is 1.95 bits per heavy atom. The molecule has 1 aromatic carbocycles. The molecule has 3 nitrogen and oxygen atoms in total. The highest BCUT2D eigenvalue weighted by Gasteiger charge is 2.44. The van der Waals surface area contributed by atoms with Crippen molar-refractivity contribution >= 4 is 5.91 Å². The van der Waals surface area contributed by atoms with Gasteiger partial charge in [0.1, 0.15) is 0 Å². The van der Waals surface area contributed by atoms with Gasteiger partial charge >= 0.3 is 0 Å². The van der Waals surface area contributed by atoms with Crippen LogP contribution in [0.3, 0.4) is 0 Å². The standard InChI is InChI=1S/C18H20N2O/c1-13-7-6-10-15(19-13)12-20(2)18(21)17-11-16(17)14-8-4-3-5-9-14/h3-10,16-17H,11-12H2,1-2H3. The number of amides is 1. The van der Waals surface area contributed by atoms with E-state index in [1.165, 1.54) is 5.56 Å². The van der Waals surface area contributed by atoms with Crippen molar-refractivity contribution in [2.24, 2.45) is 5.92 Å². The van der Waals surface area contributed by atoms with Crippen molar-refractivity contribution in [2.75, 3.05) is 7.05 Å². The molecule has 0 saturated heterocycles. The van der Waals surface area contributed by atoms with Crippen LogP contribution in [0.15, 0.2) is 48.5 Å². The highest BCUT2D eigenvalue weighted by atomic mass is 16.2. The van der Waals surface area contributed by atoms with Crippen LogP contribution in [0.4, 0.5) is 0 Å². The molecule has 21 heavy (non-hydrogen) atoms. The first kappa shape index (κ1) is 13.8. The summed E-state index contributed by atoms with van der Waals surface area (Å²) in [7, 11) is 1.87. The van der Waals surface area contributed by atoms with E-state index in [0.29, 0.717) is 12.5 Å². The zero-order valence-corrected chi connectivity index (χ0v) is 12.5. The molecule has 1 saturated carbocycles. The van der Waals surface area contributed by atoms with Crippen LogP contribution >= 0.6 is 0 Å². The number of benzene rings is 1. The lowest BCUT2D eigenvalue weighted by atomic mass is 10.1. The normalized spacial score (nSPS) is 20.1. The average Bonchev–Trinajstić information content (AvgIpc) is 3.28. The van der Waals surface area contributed by atoms with E-state index in [1.807, 2.05) is 50.4 Å². The molecule has 1 aliphatic rings. The Bertz CT molecular complexity index is 639. The van der Waals surface area contributed by atoms with E-state index in [2.05, 4.69) is 17.1 Å². The van der Waals surface area contributed by atoms with Crippen LogP contribution in [-0.2, 0) is 11.3 Å². The van der Waals surface area contributed by atoms with Gasteiger partial charge in [0.25, 0.3) is 0 Å². The molecule has 3 rings (SSSR count). The van der Waals surface area contributed by atoms with E-state index in [0.717, 1.165) is 17.8 Å². The van der Waals surface area contributed by atoms with Crippen LogP contribution in [-0.4, -0.2) is 22.8 Å². The van der Waals surface area contributed by atoms with Gasteiger partial charge in [0, 0.05) is 18.7 Å². The molecule has 1 amide bonds. The maximum atomic E-state index is 12.5. The van der Waals surface area contributed by atoms with Gasteiger partial charge in [-0.3, -0.25) is 9.78 Å². The summed E-state index contributed by atoms with van der Waals surface area (Å²) in [5, 5.41) is 0. The van der Waals surface area contributed by atoms with Crippen molar-refractivity contribution in [3.05, 3.63) is 65.5 Å². The summed E-state index contributed by atoms with van der Waals surface area (Å²) < 4.78 is 0. The molecule has 0 spiro atoms. The summed E-state index contributed by atoms with van der Waals surface area (Å²) in [6.45, 7) is 2.55. The molecule has 0 N–H and O–H groups in total. The Morgan fingerprint density at radius 3 is 2.67 bits per heavy atom. The lowest BCUT2D eigenvalue weighted by Gasteiger charge is -2.17. The number of rotatable bonds is 4. The topological polar surface area (TPSA) is 33.2 Å². The molecule has 3 heteroatoms. The Kier molecular flexibility index (Phi) is 3.74. The van der Waals surface area contributed by atoms with E-state index < -0.39 is 0 Å². The summed E-state index contributed by atoms with van der Waals surface area (Å²) in [6, 6.07) is 16.2. The van der Waals surface area contributed by atoms with Gasteiger partial charge < -0.3 is 4.90 Å². The van der Waals surface area contributed by atoms with Gasteiger partial charge in [0.15, 0.2) is 0 Å². The molecule has 0 radical (unpaired) electrons. The molecule has 2 aromatic rings. The van der Waals surface area contributed by atoms with Gasteiger partial charge in [0.2, 0.25) is 5.91 Å². The zero-order chi connectivity index (χ0) is 14.8. The minimum atomic E-state index is 0.141. The first-order valence-corrected chi connectivity index (χ1v) is 7.37. The summed E-state index contributed by atoms with van der Waals surface area (Å²) in [5.74, 6) is 0.765. The van der Waals surface area contributed by atoms with Crippen LogP contribution in [0, 0.1) is 12.8 Å². The van der Waals surface area contributed by atoms with E-state index in [4.69, 9.17) is 0 Å². The third-order valence-electron chi connectivity index (χ3n) is 4.06. The third kappa shape index (κ3) is 3.13. The van der Waals surface area contributed by atoms with Crippen LogP contribution < -0.4 is 0 Å². The summed E-state index contributed by atoms with van der Waals surface area (Å²) in [6.07, 6.45) is 0.967. The van der Waals surface area contributed by atoms with Crippen molar-refractivity contribution in [1.82, 2.24) is 9.88 Å². The second-order valence-corrected chi connectivity index (χ2v) is 5.82. The average molecular weight is 280 g/mol. The Morgan fingerprint density at radius 1 is 1.19 bits per heavy atom. The zero-order valence-electron chi connectivity index (χ0n) is 12.5. The molecule has 1 fully saturated rings. The van der Waals surface area contributed by atoms with Crippen LogP contribution in [0.5, 0.6) is 0 Å². The molecule has 0 aliphatic heterocycles. The molecular formula is C18H20N2O. The van der Waals surface area contributed by atoms with E-state index in [9.17, 15) is 4.79 Å². The van der Waals surface area contributed by atoms with Gasteiger partial charge in [-0.1, -0.05) is 36.4 Å². The summed E-state index contributed by atoms with van der Waals surface area (Å²) in [4.78, 5) is 18.7. The van der Waals surface area contributed by atoms with Crippen LogP contribution in [0.2, 0.25) is 0 Å². The lowest BCUT2D eigenvalue weighted by molar-refractivity contribution is -0.131. The number of carbonyl (C=O) groups is 1. The van der Waals surface area contributed by atoms with Crippen LogP contribution in [0.1, 0.15) is 29.3 Å². The highest BCUT2D eigenvalue weighted by Crippen LogP contribution is 2.48. The molecule has 1 heterocycles. The van der Waals surface area contributed by atoms with E-state index in [-0.39, 0.29) is 11.8 Å². The second-order valence-electron chi connectivity index (χ2n) is 5.82. The van der Waals surface area contributed by atoms with Gasteiger partial charge in [-0.15, -0.1) is 0 Å². The van der Waals surface area contributed by atoms with Crippen molar-refractivity contribution in [3.63, 3.8) is 0 Å². The van der Waals surface area contributed by atoms with E-state index in [1.54, 1.807) is 4.90 Å². The van der Waals surface area contributed by atoms with Gasteiger partial charge in [-0.05, 0) is 37.0 Å². The van der Waals surface area contributed by atoms with Crippen molar-refractivity contribution < 1.29 is 4.79 Å². The number of hydrogen-bond donors (Lipinski definition) is 0. The molecule has 2 atom stereocenters. The fourth-order valence-corrected chi connectivity index (χ4v) is 2.83. The van der Waals surface area contributed by atoms with E-state index >= 15 is 0 Å². The molecule has 108 valence electrons. The molecular weight excluding hydrogens is 260 g/mol. The summed E-state index contributed by atoms with van der Waals surface area (Å²) >= 11 is 0.